The molecule has 0 amide bonds. The normalized spacial score (nSPS) is 17.4. The van der Waals surface area contributed by atoms with E-state index in [2.05, 4.69) is 43.7 Å². The first-order valence-corrected chi connectivity index (χ1v) is 19.1. The molecule has 3 heterocycles. The van der Waals surface area contributed by atoms with E-state index in [4.69, 9.17) is 14.4 Å². The van der Waals surface area contributed by atoms with Crippen molar-refractivity contribution in [3.63, 3.8) is 0 Å². The van der Waals surface area contributed by atoms with E-state index in [9.17, 15) is 13.0 Å². The van der Waals surface area contributed by atoms with Gasteiger partial charge in [0, 0.05) is 23.8 Å². The Hall–Kier alpha value is -2.86. The first-order chi connectivity index (χ1) is 20.4. The zero-order valence-corrected chi connectivity index (χ0v) is 28.6. The fourth-order valence-corrected chi connectivity index (χ4v) is 6.75. The van der Waals surface area contributed by atoms with Crippen LogP contribution < -0.4 is 4.72 Å². The highest BCUT2D eigenvalue weighted by atomic mass is 32.2. The minimum Gasteiger partial charge on any atom is -0.411 e. The van der Waals surface area contributed by atoms with Gasteiger partial charge in [-0.2, -0.15) is 5.10 Å². The highest BCUT2D eigenvalue weighted by Gasteiger charge is 2.50. The highest BCUT2D eigenvalue weighted by molar-refractivity contribution is 7.84. The van der Waals surface area contributed by atoms with Gasteiger partial charge >= 0.3 is 0 Å². The number of alkyl halides is 2. The monoisotopic (exact) mass is 639 g/mol. The second-order valence-corrected chi connectivity index (χ2v) is 21.1. The van der Waals surface area contributed by atoms with Crippen LogP contribution in [0.15, 0.2) is 60.8 Å². The van der Waals surface area contributed by atoms with Crippen molar-refractivity contribution >= 4 is 30.2 Å². The molecule has 0 saturated heterocycles. The standard InChI is InChI=1S/C33H43F2N5O2SSi/c1-31(2,3)43(41)39-30(24-18-33(34,35)19-24)27-13-10-12-26(38-27)22-15-16-23-20-36-40(28(23)17-22)29-14-9-11-25(37-29)21-42-44(7,8)32(4,5)6/h9-17,20,24,30,39H,18-19,21H2,1-8H3/t30-,43+/m0/s1. The van der Waals surface area contributed by atoms with Crippen molar-refractivity contribution in [1.29, 1.82) is 0 Å². The number of fused-ring (bicyclic) bond motifs is 1. The van der Waals surface area contributed by atoms with Crippen LogP contribution in [0.4, 0.5) is 8.78 Å². The number of rotatable bonds is 9. The molecule has 4 aromatic rings. The first-order valence-electron chi connectivity index (χ1n) is 15.0. The van der Waals surface area contributed by atoms with Gasteiger partial charge in [-0.15, -0.1) is 0 Å². The summed E-state index contributed by atoms with van der Waals surface area (Å²) in [6, 6.07) is 16.9. The molecule has 44 heavy (non-hydrogen) atoms. The molecule has 0 unspecified atom stereocenters. The minimum absolute atomic E-state index is 0.104. The Morgan fingerprint density at radius 3 is 2.41 bits per heavy atom. The van der Waals surface area contributed by atoms with E-state index in [0.29, 0.717) is 23.8 Å². The van der Waals surface area contributed by atoms with Gasteiger partial charge in [-0.3, -0.25) is 4.98 Å². The summed E-state index contributed by atoms with van der Waals surface area (Å²) in [4.78, 5) is 9.77. The van der Waals surface area contributed by atoms with Crippen LogP contribution in [-0.4, -0.2) is 42.9 Å². The van der Waals surface area contributed by atoms with E-state index in [1.165, 1.54) is 0 Å². The van der Waals surface area contributed by atoms with Crippen molar-refractivity contribution in [2.24, 2.45) is 5.92 Å². The molecule has 0 radical (unpaired) electrons. The second-order valence-electron chi connectivity index (χ2n) is 14.3. The van der Waals surface area contributed by atoms with Crippen molar-refractivity contribution in [3.05, 3.63) is 72.2 Å². The second kappa shape index (κ2) is 11.8. The average Bonchev–Trinajstić information content (AvgIpc) is 3.36. The van der Waals surface area contributed by atoms with Crippen LogP contribution in [0.3, 0.4) is 0 Å². The lowest BCUT2D eigenvalue weighted by Crippen LogP contribution is -2.46. The molecule has 0 bridgehead atoms. The van der Waals surface area contributed by atoms with Gasteiger partial charge in [0.05, 0.1) is 57.2 Å². The minimum atomic E-state index is -2.70. The molecule has 3 aromatic heterocycles. The number of halogens is 2. The van der Waals surface area contributed by atoms with Crippen molar-refractivity contribution < 1.29 is 17.4 Å². The highest BCUT2D eigenvalue weighted by Crippen LogP contribution is 2.48. The maximum atomic E-state index is 13.9. The molecule has 1 saturated carbocycles. The Balaban J connectivity index is 1.44. The third kappa shape index (κ3) is 7.01. The summed E-state index contributed by atoms with van der Waals surface area (Å²) >= 11 is 0. The summed E-state index contributed by atoms with van der Waals surface area (Å²) in [6.45, 7) is 17.1. The predicted molar refractivity (Wildman–Crippen MR) is 176 cm³/mol. The molecular formula is C33H43F2N5O2SSi. The third-order valence-electron chi connectivity index (χ3n) is 8.74. The largest absolute Gasteiger partial charge is 0.411 e. The molecule has 11 heteroatoms. The van der Waals surface area contributed by atoms with Gasteiger partial charge in [0.15, 0.2) is 14.1 Å². The Morgan fingerprint density at radius 1 is 1.05 bits per heavy atom. The summed E-state index contributed by atoms with van der Waals surface area (Å²) in [7, 11) is -3.38. The summed E-state index contributed by atoms with van der Waals surface area (Å²) in [5, 5.41) is 5.69. The molecule has 1 aromatic carbocycles. The van der Waals surface area contributed by atoms with Crippen LogP contribution in [0.25, 0.3) is 28.0 Å². The van der Waals surface area contributed by atoms with E-state index >= 15 is 0 Å². The van der Waals surface area contributed by atoms with Gasteiger partial charge in [-0.1, -0.05) is 45.0 Å². The molecule has 0 spiro atoms. The number of hydrogen-bond donors (Lipinski definition) is 1. The van der Waals surface area contributed by atoms with Gasteiger partial charge in [0.25, 0.3) is 0 Å². The number of nitrogens with zero attached hydrogens (tertiary/aromatic N) is 4. The summed E-state index contributed by atoms with van der Waals surface area (Å²) in [6.07, 6.45) is 1.30. The van der Waals surface area contributed by atoms with Crippen LogP contribution in [0.5, 0.6) is 0 Å². The molecule has 236 valence electrons. The predicted octanol–water partition coefficient (Wildman–Crippen LogP) is 8.14. The molecule has 2 atom stereocenters. The summed E-state index contributed by atoms with van der Waals surface area (Å²) < 4.78 is 51.6. The molecule has 1 fully saturated rings. The Bertz CT molecular complexity index is 1670. The van der Waals surface area contributed by atoms with Gasteiger partial charge in [-0.05, 0) is 75.2 Å². The molecule has 1 N–H and O–H groups in total. The molecule has 1 aliphatic carbocycles. The fourth-order valence-electron chi connectivity index (χ4n) is 4.92. The zero-order valence-electron chi connectivity index (χ0n) is 26.8. The Kier molecular flexibility index (Phi) is 8.73. The molecule has 7 nitrogen and oxygen atoms in total. The SMILES string of the molecule is CC(C)(C)[S@@](=O)N[C@H](c1cccc(-c2ccc3cnn(-c4cccc(CO[Si](C)(C)C(C)(C)C)n4)c3c2)n1)C1CC(F)(F)C1. The summed E-state index contributed by atoms with van der Waals surface area (Å²) in [5.41, 5.74) is 3.86. The number of nitrogens with one attached hydrogen (secondary N) is 1. The lowest BCUT2D eigenvalue weighted by molar-refractivity contribution is -0.118. The van der Waals surface area contributed by atoms with Crippen molar-refractivity contribution in [3.8, 4) is 17.1 Å². The fraction of sp³-hybridized carbons (Fsp3) is 0.485. The quantitative estimate of drug-likeness (QED) is 0.187. The van der Waals surface area contributed by atoms with Crippen molar-refractivity contribution in [2.75, 3.05) is 0 Å². The van der Waals surface area contributed by atoms with Gasteiger partial charge in [0.1, 0.15) is 0 Å². The zero-order chi connectivity index (χ0) is 32.1. The van der Waals surface area contributed by atoms with E-state index in [0.717, 1.165) is 22.2 Å². The third-order valence-corrected chi connectivity index (χ3v) is 14.8. The van der Waals surface area contributed by atoms with E-state index in [1.807, 2.05) is 86.2 Å². The molecule has 0 aliphatic heterocycles. The lowest BCUT2D eigenvalue weighted by Gasteiger charge is -2.40. The van der Waals surface area contributed by atoms with E-state index < -0.39 is 36.0 Å². The van der Waals surface area contributed by atoms with Crippen LogP contribution in [0.2, 0.25) is 18.1 Å². The average molecular weight is 640 g/mol. The van der Waals surface area contributed by atoms with E-state index in [1.54, 1.807) is 0 Å². The van der Waals surface area contributed by atoms with Gasteiger partial charge in [-0.25, -0.2) is 27.4 Å². The topological polar surface area (TPSA) is 81.9 Å². The number of aromatic nitrogens is 4. The van der Waals surface area contributed by atoms with E-state index in [-0.39, 0.29) is 23.8 Å². The van der Waals surface area contributed by atoms with Crippen molar-refractivity contribution in [2.45, 2.75) is 95.8 Å². The van der Waals surface area contributed by atoms with Gasteiger partial charge < -0.3 is 4.43 Å². The molecule has 5 rings (SSSR count). The van der Waals surface area contributed by atoms with Gasteiger partial charge in [0.2, 0.25) is 5.92 Å². The van der Waals surface area contributed by atoms with Crippen LogP contribution >= 0.6 is 0 Å². The maximum Gasteiger partial charge on any atom is 0.248 e. The van der Waals surface area contributed by atoms with Crippen LogP contribution in [-0.2, 0) is 22.0 Å². The smallest absolute Gasteiger partial charge is 0.248 e. The van der Waals surface area contributed by atoms with Crippen LogP contribution in [0.1, 0.15) is 71.8 Å². The number of pyridine rings is 2. The lowest BCUT2D eigenvalue weighted by atomic mass is 9.75. The maximum absolute atomic E-state index is 13.9. The molecule has 1 aliphatic rings. The Morgan fingerprint density at radius 2 is 1.75 bits per heavy atom. The summed E-state index contributed by atoms with van der Waals surface area (Å²) in [5.74, 6) is -2.37. The van der Waals surface area contributed by atoms with Crippen LogP contribution in [0, 0.1) is 5.92 Å². The number of hydrogen-bond acceptors (Lipinski definition) is 5. The first kappa shape index (κ1) is 32.5. The number of benzene rings is 1. The van der Waals surface area contributed by atoms with Crippen molar-refractivity contribution in [1.82, 2.24) is 24.5 Å². The Labute approximate surface area is 262 Å². The molecular weight excluding hydrogens is 597 g/mol.